The van der Waals surface area contributed by atoms with Gasteiger partial charge in [-0.3, -0.25) is 0 Å². The molecule has 0 N–H and O–H groups in total. The SMILES string of the molecule is CCCCOc1ccc(C2CCC(C#Cc3ccc(OCCC)c(F)c3)CC2)c(F)c1F. The summed E-state index contributed by atoms with van der Waals surface area (Å²) in [5, 5.41) is 0. The standard InChI is InChI=1S/C27H31F3O2/c1-3-5-17-32-25-15-13-22(26(29)27(25)30)21-11-8-19(9-12-21)6-7-20-10-14-24(23(28)18-20)31-16-4-2/h10,13-15,18-19,21H,3-5,8-9,11-12,16-17H2,1-2H3. The first-order valence-corrected chi connectivity index (χ1v) is 11.6. The molecule has 0 spiro atoms. The molecule has 3 rings (SSSR count). The fourth-order valence-electron chi connectivity index (χ4n) is 3.94. The van der Waals surface area contributed by atoms with Crippen LogP contribution in [0.5, 0.6) is 11.5 Å². The Labute approximate surface area is 189 Å². The van der Waals surface area contributed by atoms with Gasteiger partial charge in [-0.15, -0.1) is 0 Å². The highest BCUT2D eigenvalue weighted by molar-refractivity contribution is 5.40. The van der Waals surface area contributed by atoms with Gasteiger partial charge in [0.25, 0.3) is 0 Å². The summed E-state index contributed by atoms with van der Waals surface area (Å²) in [4.78, 5) is 0. The Morgan fingerprint density at radius 3 is 2.25 bits per heavy atom. The Bertz CT molecular complexity index is 953. The molecule has 0 radical (unpaired) electrons. The Morgan fingerprint density at radius 1 is 0.844 bits per heavy atom. The quantitative estimate of drug-likeness (QED) is 0.312. The molecule has 2 aromatic rings. The first-order valence-electron chi connectivity index (χ1n) is 11.6. The Hall–Kier alpha value is -2.61. The number of hydrogen-bond donors (Lipinski definition) is 0. The molecule has 0 amide bonds. The molecule has 2 aromatic carbocycles. The van der Waals surface area contributed by atoms with Crippen LogP contribution in [0.25, 0.3) is 0 Å². The van der Waals surface area contributed by atoms with Gasteiger partial charge < -0.3 is 9.47 Å². The van der Waals surface area contributed by atoms with E-state index in [0.717, 1.165) is 44.9 Å². The maximum absolute atomic E-state index is 14.6. The molecule has 1 saturated carbocycles. The van der Waals surface area contributed by atoms with E-state index in [9.17, 15) is 13.2 Å². The lowest BCUT2D eigenvalue weighted by Gasteiger charge is -2.26. The van der Waals surface area contributed by atoms with Crippen molar-refractivity contribution < 1.29 is 22.6 Å². The first-order chi connectivity index (χ1) is 15.5. The Kier molecular flexibility index (Phi) is 8.90. The second kappa shape index (κ2) is 11.9. The molecule has 5 heteroatoms. The van der Waals surface area contributed by atoms with E-state index in [1.165, 1.54) is 12.1 Å². The van der Waals surface area contributed by atoms with Crippen molar-refractivity contribution >= 4 is 0 Å². The van der Waals surface area contributed by atoms with Crippen molar-refractivity contribution in [3.8, 4) is 23.3 Å². The Morgan fingerprint density at radius 2 is 1.56 bits per heavy atom. The highest BCUT2D eigenvalue weighted by Gasteiger charge is 2.26. The molecule has 0 bridgehead atoms. The molecule has 0 unspecified atom stereocenters. The van der Waals surface area contributed by atoms with E-state index in [-0.39, 0.29) is 23.3 Å². The van der Waals surface area contributed by atoms with Gasteiger partial charge in [0.05, 0.1) is 13.2 Å². The van der Waals surface area contributed by atoms with Crippen LogP contribution < -0.4 is 9.47 Å². The second-order valence-corrected chi connectivity index (χ2v) is 8.29. The number of benzene rings is 2. The van der Waals surface area contributed by atoms with Crippen LogP contribution >= 0.6 is 0 Å². The summed E-state index contributed by atoms with van der Waals surface area (Å²) in [6, 6.07) is 7.96. The molecule has 0 saturated heterocycles. The minimum atomic E-state index is -0.895. The average molecular weight is 445 g/mol. The van der Waals surface area contributed by atoms with E-state index in [1.54, 1.807) is 18.2 Å². The van der Waals surface area contributed by atoms with E-state index in [4.69, 9.17) is 9.47 Å². The zero-order chi connectivity index (χ0) is 22.9. The summed E-state index contributed by atoms with van der Waals surface area (Å²) in [5.41, 5.74) is 1.03. The molecule has 0 heterocycles. The van der Waals surface area contributed by atoms with Crippen LogP contribution in [0.2, 0.25) is 0 Å². The molecular weight excluding hydrogens is 413 g/mol. The predicted octanol–water partition coefficient (Wildman–Crippen LogP) is 7.40. The summed E-state index contributed by atoms with van der Waals surface area (Å²) >= 11 is 0. The zero-order valence-electron chi connectivity index (χ0n) is 18.9. The molecule has 1 aliphatic carbocycles. The van der Waals surface area contributed by atoms with Gasteiger partial charge in [-0.05, 0) is 74.3 Å². The van der Waals surface area contributed by atoms with Gasteiger partial charge in [0.2, 0.25) is 5.82 Å². The predicted molar refractivity (Wildman–Crippen MR) is 121 cm³/mol. The van der Waals surface area contributed by atoms with E-state index < -0.39 is 17.5 Å². The molecule has 0 aromatic heterocycles. The number of halogens is 3. The zero-order valence-corrected chi connectivity index (χ0v) is 18.9. The monoisotopic (exact) mass is 444 g/mol. The van der Waals surface area contributed by atoms with Crippen molar-refractivity contribution in [3.63, 3.8) is 0 Å². The van der Waals surface area contributed by atoms with Crippen LogP contribution in [0.15, 0.2) is 30.3 Å². The van der Waals surface area contributed by atoms with Crippen LogP contribution in [-0.4, -0.2) is 13.2 Å². The maximum atomic E-state index is 14.6. The lowest BCUT2D eigenvalue weighted by Crippen LogP contribution is -2.14. The summed E-state index contributed by atoms with van der Waals surface area (Å²) in [7, 11) is 0. The van der Waals surface area contributed by atoms with Crippen molar-refractivity contribution in [2.24, 2.45) is 5.92 Å². The maximum Gasteiger partial charge on any atom is 0.200 e. The van der Waals surface area contributed by atoms with E-state index >= 15 is 0 Å². The summed E-state index contributed by atoms with van der Waals surface area (Å²) in [6.07, 6.45) is 5.63. The van der Waals surface area contributed by atoms with Gasteiger partial charge in [-0.25, -0.2) is 8.78 Å². The topological polar surface area (TPSA) is 18.5 Å². The largest absolute Gasteiger partial charge is 0.491 e. The summed E-state index contributed by atoms with van der Waals surface area (Å²) < 4.78 is 53.8. The van der Waals surface area contributed by atoms with Crippen LogP contribution in [0.3, 0.4) is 0 Å². The number of unbranched alkanes of at least 4 members (excludes halogenated alkanes) is 1. The van der Waals surface area contributed by atoms with Crippen molar-refractivity contribution in [3.05, 3.63) is 58.9 Å². The van der Waals surface area contributed by atoms with Gasteiger partial charge in [0, 0.05) is 11.5 Å². The number of hydrogen-bond acceptors (Lipinski definition) is 2. The fourth-order valence-corrected chi connectivity index (χ4v) is 3.94. The van der Waals surface area contributed by atoms with Crippen LogP contribution in [-0.2, 0) is 0 Å². The van der Waals surface area contributed by atoms with E-state index in [0.29, 0.717) is 24.3 Å². The molecule has 172 valence electrons. The normalized spacial score (nSPS) is 18.0. The molecule has 0 aliphatic heterocycles. The molecule has 0 atom stereocenters. The molecule has 32 heavy (non-hydrogen) atoms. The third-order valence-corrected chi connectivity index (χ3v) is 5.81. The van der Waals surface area contributed by atoms with Crippen molar-refractivity contribution in [1.29, 1.82) is 0 Å². The summed E-state index contributed by atoms with van der Waals surface area (Å²) in [6.45, 7) is 4.84. The van der Waals surface area contributed by atoms with Gasteiger partial charge in [-0.1, -0.05) is 38.2 Å². The van der Waals surface area contributed by atoms with Gasteiger partial charge in [0.1, 0.15) is 0 Å². The third kappa shape index (κ3) is 6.22. The number of ether oxygens (including phenoxy) is 2. The van der Waals surface area contributed by atoms with Crippen molar-refractivity contribution in [2.45, 2.75) is 64.7 Å². The van der Waals surface area contributed by atoms with Gasteiger partial charge in [-0.2, -0.15) is 4.39 Å². The van der Waals surface area contributed by atoms with Crippen LogP contribution in [0, 0.1) is 35.2 Å². The average Bonchev–Trinajstić information content (AvgIpc) is 2.80. The van der Waals surface area contributed by atoms with Crippen molar-refractivity contribution in [2.75, 3.05) is 13.2 Å². The molecular formula is C27H31F3O2. The minimum absolute atomic E-state index is 0.0161. The highest BCUT2D eigenvalue weighted by Crippen LogP contribution is 2.38. The lowest BCUT2D eigenvalue weighted by molar-refractivity contribution is 0.286. The van der Waals surface area contributed by atoms with Crippen LogP contribution in [0.1, 0.15) is 75.8 Å². The fraction of sp³-hybridized carbons (Fsp3) is 0.481. The van der Waals surface area contributed by atoms with Gasteiger partial charge in [0.15, 0.2) is 23.1 Å². The third-order valence-electron chi connectivity index (χ3n) is 5.81. The number of rotatable bonds is 8. The first kappa shape index (κ1) is 24.0. The Balaban J connectivity index is 1.58. The molecule has 1 aliphatic rings. The minimum Gasteiger partial charge on any atom is -0.491 e. The van der Waals surface area contributed by atoms with Gasteiger partial charge >= 0.3 is 0 Å². The summed E-state index contributed by atoms with van der Waals surface area (Å²) in [5.74, 6) is 4.53. The smallest absolute Gasteiger partial charge is 0.200 e. The lowest BCUT2D eigenvalue weighted by atomic mass is 9.78. The molecule has 2 nitrogen and oxygen atoms in total. The molecule has 1 fully saturated rings. The van der Waals surface area contributed by atoms with E-state index in [1.807, 2.05) is 13.8 Å². The second-order valence-electron chi connectivity index (χ2n) is 8.29. The van der Waals surface area contributed by atoms with E-state index in [2.05, 4.69) is 11.8 Å². The van der Waals surface area contributed by atoms with Crippen LogP contribution in [0.4, 0.5) is 13.2 Å². The highest BCUT2D eigenvalue weighted by atomic mass is 19.2. The van der Waals surface area contributed by atoms with Crippen molar-refractivity contribution in [1.82, 2.24) is 0 Å².